The number of hydrogen-bond acceptors (Lipinski definition) is 2. The average molecular weight is 233 g/mol. The average Bonchev–Trinajstić information content (AvgIpc) is 2.32. The van der Waals surface area contributed by atoms with Gasteiger partial charge in [0.2, 0.25) is 0 Å². The fraction of sp³-hybridized carbons (Fsp3) is 0.600. The molecule has 2 unspecified atom stereocenters. The summed E-state index contributed by atoms with van der Waals surface area (Å²) in [5.41, 5.74) is 3.61. The van der Waals surface area contributed by atoms with Gasteiger partial charge in [0.05, 0.1) is 6.61 Å². The largest absolute Gasteiger partial charge is 0.392 e. The second-order valence-electron chi connectivity index (χ2n) is 5.46. The molecule has 1 aromatic rings. The number of aliphatic hydroxyl groups excluding tert-OH is 1. The van der Waals surface area contributed by atoms with Crippen molar-refractivity contribution >= 4 is 5.69 Å². The molecule has 17 heavy (non-hydrogen) atoms. The smallest absolute Gasteiger partial charge is 0.0681 e. The van der Waals surface area contributed by atoms with Crippen LogP contribution in [-0.2, 0) is 6.61 Å². The van der Waals surface area contributed by atoms with Crippen molar-refractivity contribution in [2.75, 3.05) is 11.4 Å². The van der Waals surface area contributed by atoms with E-state index in [1.54, 1.807) is 0 Å². The molecule has 2 heteroatoms. The molecule has 0 aliphatic carbocycles. The van der Waals surface area contributed by atoms with Crippen LogP contribution in [0.1, 0.15) is 37.8 Å². The van der Waals surface area contributed by atoms with Crippen LogP contribution in [0.5, 0.6) is 0 Å². The summed E-state index contributed by atoms with van der Waals surface area (Å²) in [5.74, 6) is 0.781. The molecular formula is C15H23NO. The molecule has 1 N–H and O–H groups in total. The summed E-state index contributed by atoms with van der Waals surface area (Å²) in [7, 11) is 0. The summed E-state index contributed by atoms with van der Waals surface area (Å²) >= 11 is 0. The highest BCUT2D eigenvalue weighted by atomic mass is 16.3. The van der Waals surface area contributed by atoms with Crippen molar-refractivity contribution in [1.29, 1.82) is 0 Å². The number of hydrogen-bond donors (Lipinski definition) is 1. The lowest BCUT2D eigenvalue weighted by Crippen LogP contribution is -2.41. The topological polar surface area (TPSA) is 23.5 Å². The lowest BCUT2D eigenvalue weighted by Gasteiger charge is -2.39. The lowest BCUT2D eigenvalue weighted by molar-refractivity contribution is 0.281. The fourth-order valence-corrected chi connectivity index (χ4v) is 2.76. The molecule has 0 radical (unpaired) electrons. The van der Waals surface area contributed by atoms with Crippen LogP contribution in [0.3, 0.4) is 0 Å². The Morgan fingerprint density at radius 1 is 1.29 bits per heavy atom. The predicted molar refractivity (Wildman–Crippen MR) is 72.3 cm³/mol. The summed E-state index contributed by atoms with van der Waals surface area (Å²) in [4.78, 5) is 2.52. The van der Waals surface area contributed by atoms with Crippen molar-refractivity contribution in [3.05, 3.63) is 29.3 Å². The molecule has 1 heterocycles. The molecule has 0 spiro atoms. The summed E-state index contributed by atoms with van der Waals surface area (Å²) in [6, 6.07) is 6.93. The third-order valence-corrected chi connectivity index (χ3v) is 3.87. The van der Waals surface area contributed by atoms with Crippen LogP contribution in [0, 0.1) is 12.8 Å². The SMILES string of the molecule is Cc1cc(CO)ccc1N1CC(C)CCC1C. The van der Waals surface area contributed by atoms with Gasteiger partial charge in [0.1, 0.15) is 0 Å². The highest BCUT2D eigenvalue weighted by Gasteiger charge is 2.23. The summed E-state index contributed by atoms with van der Waals surface area (Å²) in [6.45, 7) is 8.07. The Kier molecular flexibility index (Phi) is 3.72. The number of nitrogens with zero attached hydrogens (tertiary/aromatic N) is 1. The normalized spacial score (nSPS) is 25.1. The van der Waals surface area contributed by atoms with Gasteiger partial charge in [-0.15, -0.1) is 0 Å². The van der Waals surface area contributed by atoms with E-state index in [0.29, 0.717) is 6.04 Å². The van der Waals surface area contributed by atoms with E-state index in [0.717, 1.165) is 18.0 Å². The molecule has 94 valence electrons. The Balaban J connectivity index is 2.26. The molecular weight excluding hydrogens is 210 g/mol. The second kappa shape index (κ2) is 5.09. The zero-order chi connectivity index (χ0) is 12.4. The molecule has 0 saturated carbocycles. The minimum Gasteiger partial charge on any atom is -0.392 e. The molecule has 1 fully saturated rings. The Morgan fingerprint density at radius 2 is 2.06 bits per heavy atom. The number of benzene rings is 1. The first-order valence-electron chi connectivity index (χ1n) is 6.59. The van der Waals surface area contributed by atoms with Crippen LogP contribution in [0.2, 0.25) is 0 Å². The van der Waals surface area contributed by atoms with E-state index >= 15 is 0 Å². The Hall–Kier alpha value is -1.02. The number of piperidine rings is 1. The third-order valence-electron chi connectivity index (χ3n) is 3.87. The van der Waals surface area contributed by atoms with Crippen LogP contribution in [0.25, 0.3) is 0 Å². The summed E-state index contributed by atoms with van der Waals surface area (Å²) < 4.78 is 0. The molecule has 2 rings (SSSR count). The maximum Gasteiger partial charge on any atom is 0.0681 e. The molecule has 1 aliphatic rings. The van der Waals surface area contributed by atoms with E-state index in [2.05, 4.69) is 37.8 Å². The van der Waals surface area contributed by atoms with E-state index in [1.807, 2.05) is 6.07 Å². The molecule has 2 atom stereocenters. The van der Waals surface area contributed by atoms with Crippen molar-refractivity contribution in [3.63, 3.8) is 0 Å². The Labute approximate surface area is 104 Å². The third kappa shape index (κ3) is 2.63. The van der Waals surface area contributed by atoms with E-state index < -0.39 is 0 Å². The van der Waals surface area contributed by atoms with Gasteiger partial charge in [-0.1, -0.05) is 19.1 Å². The van der Waals surface area contributed by atoms with Crippen LogP contribution in [0.15, 0.2) is 18.2 Å². The van der Waals surface area contributed by atoms with Crippen LogP contribution in [0.4, 0.5) is 5.69 Å². The quantitative estimate of drug-likeness (QED) is 0.848. The highest BCUT2D eigenvalue weighted by molar-refractivity contribution is 5.55. The van der Waals surface area contributed by atoms with Gasteiger partial charge in [-0.25, -0.2) is 0 Å². The first kappa shape index (κ1) is 12.4. The molecule has 0 amide bonds. The minimum atomic E-state index is 0.132. The standard InChI is InChI=1S/C15H23NO/c1-11-4-5-13(3)16(9-11)15-7-6-14(10-17)8-12(15)2/h6-8,11,13,17H,4-5,9-10H2,1-3H3. The first-order valence-corrected chi connectivity index (χ1v) is 6.59. The summed E-state index contributed by atoms with van der Waals surface area (Å²) in [5, 5.41) is 9.14. The molecule has 1 aliphatic heterocycles. The van der Waals surface area contributed by atoms with Crippen molar-refractivity contribution in [2.24, 2.45) is 5.92 Å². The van der Waals surface area contributed by atoms with Crippen molar-refractivity contribution in [3.8, 4) is 0 Å². The van der Waals surface area contributed by atoms with Crippen molar-refractivity contribution in [1.82, 2.24) is 0 Å². The highest BCUT2D eigenvalue weighted by Crippen LogP contribution is 2.30. The predicted octanol–water partition coefficient (Wildman–Crippen LogP) is 3.11. The molecule has 0 bridgehead atoms. The van der Waals surface area contributed by atoms with Gasteiger partial charge in [-0.05, 0) is 49.8 Å². The first-order chi connectivity index (χ1) is 8.11. The van der Waals surface area contributed by atoms with Gasteiger partial charge in [0.15, 0.2) is 0 Å². The van der Waals surface area contributed by atoms with E-state index in [-0.39, 0.29) is 6.61 Å². The van der Waals surface area contributed by atoms with Crippen LogP contribution in [-0.4, -0.2) is 17.7 Å². The zero-order valence-corrected chi connectivity index (χ0v) is 11.1. The minimum absolute atomic E-state index is 0.132. The second-order valence-corrected chi connectivity index (χ2v) is 5.46. The van der Waals surface area contributed by atoms with Crippen molar-refractivity contribution in [2.45, 2.75) is 46.3 Å². The Morgan fingerprint density at radius 3 is 2.71 bits per heavy atom. The Bertz CT molecular complexity index is 389. The van der Waals surface area contributed by atoms with Gasteiger partial charge in [0.25, 0.3) is 0 Å². The van der Waals surface area contributed by atoms with E-state index in [9.17, 15) is 0 Å². The fourth-order valence-electron chi connectivity index (χ4n) is 2.76. The van der Waals surface area contributed by atoms with Crippen LogP contribution >= 0.6 is 0 Å². The van der Waals surface area contributed by atoms with Gasteiger partial charge in [0, 0.05) is 18.3 Å². The maximum absolute atomic E-state index is 9.14. The van der Waals surface area contributed by atoms with Gasteiger partial charge >= 0.3 is 0 Å². The van der Waals surface area contributed by atoms with Crippen LogP contribution < -0.4 is 4.90 Å². The number of aliphatic hydroxyl groups is 1. The monoisotopic (exact) mass is 233 g/mol. The van der Waals surface area contributed by atoms with Crippen molar-refractivity contribution < 1.29 is 5.11 Å². The number of rotatable bonds is 2. The molecule has 1 aromatic carbocycles. The molecule has 2 nitrogen and oxygen atoms in total. The van der Waals surface area contributed by atoms with Gasteiger partial charge in [-0.3, -0.25) is 0 Å². The number of anilines is 1. The van der Waals surface area contributed by atoms with Gasteiger partial charge in [-0.2, -0.15) is 0 Å². The zero-order valence-electron chi connectivity index (χ0n) is 11.1. The molecule has 1 saturated heterocycles. The lowest BCUT2D eigenvalue weighted by atomic mass is 9.93. The van der Waals surface area contributed by atoms with Gasteiger partial charge < -0.3 is 10.0 Å². The maximum atomic E-state index is 9.14. The molecule has 0 aromatic heterocycles. The van der Waals surface area contributed by atoms with E-state index in [4.69, 9.17) is 5.11 Å². The summed E-state index contributed by atoms with van der Waals surface area (Å²) in [6.07, 6.45) is 2.62. The number of aryl methyl sites for hydroxylation is 1. The van der Waals surface area contributed by atoms with E-state index in [1.165, 1.54) is 24.1 Å².